The van der Waals surface area contributed by atoms with Crippen molar-refractivity contribution in [2.75, 3.05) is 24.2 Å². The van der Waals surface area contributed by atoms with Crippen molar-refractivity contribution in [3.8, 4) is 5.75 Å². The Morgan fingerprint density at radius 1 is 1.19 bits per heavy atom. The smallest absolute Gasteiger partial charge is 0.271 e. The van der Waals surface area contributed by atoms with E-state index in [0.29, 0.717) is 6.42 Å². The number of nitrogens with zero attached hydrogens (tertiary/aromatic N) is 2. The molecule has 9 nitrogen and oxygen atoms in total. The van der Waals surface area contributed by atoms with E-state index in [0.717, 1.165) is 22.2 Å². The zero-order valence-corrected chi connectivity index (χ0v) is 18.8. The van der Waals surface area contributed by atoms with Crippen LogP contribution in [-0.4, -0.2) is 39.2 Å². The summed E-state index contributed by atoms with van der Waals surface area (Å²) in [6.45, 7) is 3.51. The standard InChI is InChI=1S/C21H27N3O6S/c1-15(2)12-18(16-8-6-5-7-9-16)22-21(25)14-23(31(4,28)29)19-13-17(24(26)27)10-11-20(19)30-3/h5-11,13,15,18H,12,14H2,1-4H3,(H,22,25). The van der Waals surface area contributed by atoms with Crippen LogP contribution in [0.5, 0.6) is 5.75 Å². The van der Waals surface area contributed by atoms with Crippen molar-refractivity contribution in [2.45, 2.75) is 26.3 Å². The number of non-ortho nitro benzene ring substituents is 1. The largest absolute Gasteiger partial charge is 0.495 e. The van der Waals surface area contributed by atoms with E-state index in [2.05, 4.69) is 5.32 Å². The van der Waals surface area contributed by atoms with Crippen molar-refractivity contribution < 1.29 is 22.9 Å². The molecule has 31 heavy (non-hydrogen) atoms. The lowest BCUT2D eigenvalue weighted by Gasteiger charge is -2.26. The minimum atomic E-state index is -3.94. The Kier molecular flexibility index (Phi) is 7.98. The molecule has 1 N–H and O–H groups in total. The average molecular weight is 450 g/mol. The highest BCUT2D eigenvalue weighted by molar-refractivity contribution is 7.92. The normalized spacial score (nSPS) is 12.3. The number of carbonyl (C=O) groups excluding carboxylic acids is 1. The summed E-state index contributed by atoms with van der Waals surface area (Å²) in [6, 6.07) is 12.7. The van der Waals surface area contributed by atoms with Crippen LogP contribution in [0.3, 0.4) is 0 Å². The molecular formula is C21H27N3O6S. The summed E-state index contributed by atoms with van der Waals surface area (Å²) in [5.74, 6) is -0.146. The summed E-state index contributed by atoms with van der Waals surface area (Å²) in [5, 5.41) is 14.1. The third-order valence-electron chi connectivity index (χ3n) is 4.57. The van der Waals surface area contributed by atoms with Gasteiger partial charge in [-0.05, 0) is 24.0 Å². The molecule has 2 aromatic rings. The van der Waals surface area contributed by atoms with E-state index in [9.17, 15) is 23.3 Å². The maximum atomic E-state index is 12.9. The highest BCUT2D eigenvalue weighted by Crippen LogP contribution is 2.33. The predicted molar refractivity (Wildman–Crippen MR) is 119 cm³/mol. The Balaban J connectivity index is 2.36. The molecule has 0 aliphatic rings. The second kappa shape index (κ2) is 10.3. The Hall–Kier alpha value is -3.14. The first-order valence-electron chi connectivity index (χ1n) is 9.67. The van der Waals surface area contributed by atoms with Crippen molar-refractivity contribution in [3.05, 3.63) is 64.2 Å². The van der Waals surface area contributed by atoms with E-state index in [-0.39, 0.29) is 29.1 Å². The molecular weight excluding hydrogens is 422 g/mol. The van der Waals surface area contributed by atoms with E-state index in [4.69, 9.17) is 4.74 Å². The summed E-state index contributed by atoms with van der Waals surface area (Å²) >= 11 is 0. The number of amides is 1. The summed E-state index contributed by atoms with van der Waals surface area (Å²) in [5.41, 5.74) is 0.518. The molecule has 0 saturated heterocycles. The van der Waals surface area contributed by atoms with Gasteiger partial charge in [0, 0.05) is 12.1 Å². The molecule has 2 rings (SSSR count). The van der Waals surface area contributed by atoms with Gasteiger partial charge in [0.15, 0.2) is 0 Å². The van der Waals surface area contributed by atoms with Crippen LogP contribution in [0.1, 0.15) is 31.9 Å². The molecule has 0 saturated carbocycles. The second-order valence-corrected chi connectivity index (χ2v) is 9.45. The number of nitro groups is 1. The fourth-order valence-electron chi connectivity index (χ4n) is 3.17. The Morgan fingerprint density at radius 3 is 2.35 bits per heavy atom. The van der Waals surface area contributed by atoms with E-state index < -0.39 is 27.4 Å². The van der Waals surface area contributed by atoms with Gasteiger partial charge >= 0.3 is 0 Å². The zero-order chi connectivity index (χ0) is 23.2. The van der Waals surface area contributed by atoms with Crippen LogP contribution < -0.4 is 14.4 Å². The maximum absolute atomic E-state index is 12.9. The maximum Gasteiger partial charge on any atom is 0.271 e. The average Bonchev–Trinajstić information content (AvgIpc) is 2.70. The number of benzene rings is 2. The minimum Gasteiger partial charge on any atom is -0.495 e. The lowest BCUT2D eigenvalue weighted by atomic mass is 9.97. The summed E-state index contributed by atoms with van der Waals surface area (Å²) in [6.07, 6.45) is 1.59. The lowest BCUT2D eigenvalue weighted by molar-refractivity contribution is -0.384. The SMILES string of the molecule is COc1ccc([N+](=O)[O-])cc1N(CC(=O)NC(CC(C)C)c1ccccc1)S(C)(=O)=O. The number of sulfonamides is 1. The van der Waals surface area contributed by atoms with Gasteiger partial charge in [-0.15, -0.1) is 0 Å². The molecule has 1 atom stereocenters. The molecule has 0 fully saturated rings. The number of methoxy groups -OCH3 is 1. The van der Waals surface area contributed by atoms with Gasteiger partial charge in [-0.2, -0.15) is 0 Å². The van der Waals surface area contributed by atoms with Crippen LogP contribution in [-0.2, 0) is 14.8 Å². The van der Waals surface area contributed by atoms with Crippen LogP contribution in [0.25, 0.3) is 0 Å². The number of nitrogens with one attached hydrogen (secondary N) is 1. The number of anilines is 1. The van der Waals surface area contributed by atoms with Gasteiger partial charge in [0.2, 0.25) is 15.9 Å². The lowest BCUT2D eigenvalue weighted by Crippen LogP contribution is -2.42. The quantitative estimate of drug-likeness (QED) is 0.439. The van der Waals surface area contributed by atoms with Crippen LogP contribution >= 0.6 is 0 Å². The third kappa shape index (κ3) is 6.68. The van der Waals surface area contributed by atoms with Crippen LogP contribution in [0.15, 0.2) is 48.5 Å². The zero-order valence-electron chi connectivity index (χ0n) is 17.9. The number of carbonyl (C=O) groups is 1. The van der Waals surface area contributed by atoms with Crippen molar-refractivity contribution in [2.24, 2.45) is 5.92 Å². The molecule has 2 aromatic carbocycles. The van der Waals surface area contributed by atoms with E-state index in [1.54, 1.807) is 0 Å². The molecule has 1 amide bonds. The Bertz CT molecular complexity index is 1020. The first-order chi connectivity index (χ1) is 14.5. The summed E-state index contributed by atoms with van der Waals surface area (Å²) < 4.78 is 30.9. The van der Waals surface area contributed by atoms with E-state index >= 15 is 0 Å². The molecule has 0 spiro atoms. The predicted octanol–water partition coefficient (Wildman–Crippen LogP) is 3.27. The van der Waals surface area contributed by atoms with Gasteiger partial charge < -0.3 is 10.1 Å². The van der Waals surface area contributed by atoms with Gasteiger partial charge in [-0.25, -0.2) is 8.42 Å². The van der Waals surface area contributed by atoms with Crippen molar-refractivity contribution in [3.63, 3.8) is 0 Å². The molecule has 0 aliphatic carbocycles. The fraction of sp³-hybridized carbons (Fsp3) is 0.381. The Morgan fingerprint density at radius 2 is 1.84 bits per heavy atom. The van der Waals surface area contributed by atoms with Crippen molar-refractivity contribution >= 4 is 27.3 Å². The highest BCUT2D eigenvalue weighted by Gasteiger charge is 2.27. The monoisotopic (exact) mass is 449 g/mol. The van der Waals surface area contributed by atoms with Crippen LogP contribution in [0, 0.1) is 16.0 Å². The number of nitro benzene ring substituents is 1. The number of ether oxygens (including phenoxy) is 1. The summed E-state index contributed by atoms with van der Waals surface area (Å²) in [4.78, 5) is 23.4. The Labute approximate surface area is 182 Å². The minimum absolute atomic E-state index is 0.0746. The molecule has 0 bridgehead atoms. The molecule has 168 valence electrons. The fourth-order valence-corrected chi connectivity index (χ4v) is 4.03. The van der Waals surface area contributed by atoms with Crippen LogP contribution in [0.2, 0.25) is 0 Å². The van der Waals surface area contributed by atoms with E-state index in [1.165, 1.54) is 19.2 Å². The highest BCUT2D eigenvalue weighted by atomic mass is 32.2. The molecule has 10 heteroatoms. The summed E-state index contributed by atoms with van der Waals surface area (Å²) in [7, 11) is -2.62. The van der Waals surface area contributed by atoms with E-state index in [1.807, 2.05) is 44.2 Å². The van der Waals surface area contributed by atoms with Gasteiger partial charge in [-0.3, -0.25) is 19.2 Å². The van der Waals surface area contributed by atoms with Gasteiger partial charge in [0.05, 0.1) is 24.3 Å². The molecule has 0 radical (unpaired) electrons. The number of hydrogen-bond donors (Lipinski definition) is 1. The molecule has 0 heterocycles. The van der Waals surface area contributed by atoms with Gasteiger partial charge in [-0.1, -0.05) is 44.2 Å². The number of hydrogen-bond acceptors (Lipinski definition) is 6. The number of rotatable bonds is 10. The first kappa shape index (κ1) is 24.1. The molecule has 1 unspecified atom stereocenters. The van der Waals surface area contributed by atoms with Crippen LogP contribution in [0.4, 0.5) is 11.4 Å². The molecule has 0 aliphatic heterocycles. The van der Waals surface area contributed by atoms with Gasteiger partial charge in [0.1, 0.15) is 18.0 Å². The van der Waals surface area contributed by atoms with Gasteiger partial charge in [0.25, 0.3) is 5.69 Å². The third-order valence-corrected chi connectivity index (χ3v) is 5.70. The van der Waals surface area contributed by atoms with Crippen molar-refractivity contribution in [1.29, 1.82) is 0 Å². The topological polar surface area (TPSA) is 119 Å². The molecule has 0 aromatic heterocycles. The van der Waals surface area contributed by atoms with Crippen molar-refractivity contribution in [1.82, 2.24) is 5.32 Å². The first-order valence-corrected chi connectivity index (χ1v) is 11.5. The second-order valence-electron chi connectivity index (χ2n) is 7.54.